The van der Waals surface area contributed by atoms with Crippen LogP contribution >= 0.6 is 0 Å². The van der Waals surface area contributed by atoms with Crippen LogP contribution in [0.25, 0.3) is 11.1 Å². The minimum Gasteiger partial charge on any atom is -0.295 e. The molecule has 0 saturated heterocycles. The SMILES string of the molecule is C=CC(=O)Cc1cnccc1-c1ccc(C#N)cc1. The maximum atomic E-state index is 11.5. The highest BCUT2D eigenvalue weighted by atomic mass is 16.1. The van der Waals surface area contributed by atoms with E-state index < -0.39 is 0 Å². The molecule has 0 bridgehead atoms. The van der Waals surface area contributed by atoms with Crippen LogP contribution in [0.5, 0.6) is 0 Å². The molecule has 1 aromatic carbocycles. The van der Waals surface area contributed by atoms with Crippen molar-refractivity contribution in [2.45, 2.75) is 6.42 Å². The highest BCUT2D eigenvalue weighted by Gasteiger charge is 2.08. The Kier molecular flexibility index (Phi) is 3.84. The molecule has 0 spiro atoms. The lowest BCUT2D eigenvalue weighted by Gasteiger charge is -2.07. The first kappa shape index (κ1) is 12.7. The van der Waals surface area contributed by atoms with E-state index in [4.69, 9.17) is 5.26 Å². The van der Waals surface area contributed by atoms with Crippen LogP contribution in [0.2, 0.25) is 0 Å². The molecule has 3 heteroatoms. The van der Waals surface area contributed by atoms with E-state index in [1.165, 1.54) is 6.08 Å². The molecule has 0 aliphatic rings. The van der Waals surface area contributed by atoms with E-state index in [2.05, 4.69) is 17.6 Å². The molecule has 0 aliphatic heterocycles. The Bertz CT molecular complexity index is 651. The van der Waals surface area contributed by atoms with E-state index in [1.807, 2.05) is 18.2 Å². The van der Waals surface area contributed by atoms with Crippen LogP contribution in [0, 0.1) is 11.3 Å². The van der Waals surface area contributed by atoms with Gasteiger partial charge < -0.3 is 0 Å². The lowest BCUT2D eigenvalue weighted by atomic mass is 9.98. The minimum absolute atomic E-state index is 0.0390. The predicted molar refractivity (Wildman–Crippen MR) is 73.3 cm³/mol. The molecule has 3 nitrogen and oxygen atoms in total. The second-order valence-corrected chi connectivity index (χ2v) is 4.07. The summed E-state index contributed by atoms with van der Waals surface area (Å²) in [5.74, 6) is -0.0390. The largest absolute Gasteiger partial charge is 0.295 e. The summed E-state index contributed by atoms with van der Waals surface area (Å²) in [5, 5.41) is 8.79. The summed E-state index contributed by atoms with van der Waals surface area (Å²) >= 11 is 0. The second-order valence-electron chi connectivity index (χ2n) is 4.07. The van der Waals surface area contributed by atoms with Gasteiger partial charge in [-0.1, -0.05) is 18.7 Å². The van der Waals surface area contributed by atoms with Crippen molar-refractivity contribution in [3.05, 3.63) is 66.5 Å². The topological polar surface area (TPSA) is 53.8 Å². The number of aromatic nitrogens is 1. The van der Waals surface area contributed by atoms with Crippen molar-refractivity contribution in [2.75, 3.05) is 0 Å². The van der Waals surface area contributed by atoms with Gasteiger partial charge in [-0.3, -0.25) is 9.78 Å². The fraction of sp³-hybridized carbons (Fsp3) is 0.0625. The fourth-order valence-corrected chi connectivity index (χ4v) is 1.83. The van der Waals surface area contributed by atoms with Crippen LogP contribution in [0.3, 0.4) is 0 Å². The van der Waals surface area contributed by atoms with Crippen molar-refractivity contribution in [1.82, 2.24) is 4.98 Å². The Morgan fingerprint density at radius 1 is 1.32 bits per heavy atom. The van der Waals surface area contributed by atoms with E-state index in [1.54, 1.807) is 24.5 Å². The fourth-order valence-electron chi connectivity index (χ4n) is 1.83. The zero-order chi connectivity index (χ0) is 13.7. The number of ketones is 1. The van der Waals surface area contributed by atoms with Gasteiger partial charge in [0.2, 0.25) is 0 Å². The van der Waals surface area contributed by atoms with E-state index >= 15 is 0 Å². The van der Waals surface area contributed by atoms with Crippen LogP contribution < -0.4 is 0 Å². The first-order chi connectivity index (χ1) is 9.24. The molecule has 92 valence electrons. The van der Waals surface area contributed by atoms with Crippen molar-refractivity contribution in [3.8, 4) is 17.2 Å². The number of pyridine rings is 1. The number of hydrogen-bond donors (Lipinski definition) is 0. The van der Waals surface area contributed by atoms with Crippen LogP contribution in [-0.2, 0) is 11.2 Å². The number of nitriles is 1. The van der Waals surface area contributed by atoms with Gasteiger partial charge in [-0.2, -0.15) is 5.26 Å². The molecule has 0 unspecified atom stereocenters. The average molecular weight is 248 g/mol. The van der Waals surface area contributed by atoms with Crippen molar-refractivity contribution < 1.29 is 4.79 Å². The molecular weight excluding hydrogens is 236 g/mol. The van der Waals surface area contributed by atoms with Gasteiger partial charge in [0.25, 0.3) is 0 Å². The summed E-state index contributed by atoms with van der Waals surface area (Å²) in [6.45, 7) is 3.48. The number of carbonyl (C=O) groups is 1. The zero-order valence-electron chi connectivity index (χ0n) is 10.3. The van der Waals surface area contributed by atoms with E-state index in [0.717, 1.165) is 16.7 Å². The third-order valence-electron chi connectivity index (χ3n) is 2.82. The third-order valence-corrected chi connectivity index (χ3v) is 2.82. The molecule has 0 aliphatic carbocycles. The van der Waals surface area contributed by atoms with Crippen molar-refractivity contribution in [3.63, 3.8) is 0 Å². The molecule has 0 N–H and O–H groups in total. The van der Waals surface area contributed by atoms with E-state index in [0.29, 0.717) is 5.56 Å². The molecule has 2 aromatic rings. The van der Waals surface area contributed by atoms with E-state index in [-0.39, 0.29) is 12.2 Å². The van der Waals surface area contributed by atoms with Crippen molar-refractivity contribution in [1.29, 1.82) is 5.26 Å². The number of carbonyl (C=O) groups excluding carboxylic acids is 1. The standard InChI is InChI=1S/C16H12N2O/c1-2-15(19)9-14-11-18-8-7-16(14)13-5-3-12(10-17)4-6-13/h2-8,11H,1,9H2. The smallest absolute Gasteiger partial charge is 0.159 e. The molecule has 0 atom stereocenters. The third kappa shape index (κ3) is 2.93. The Hall–Kier alpha value is -2.73. The van der Waals surface area contributed by atoms with Crippen molar-refractivity contribution >= 4 is 5.78 Å². The highest BCUT2D eigenvalue weighted by molar-refractivity contribution is 5.92. The number of rotatable bonds is 4. The van der Waals surface area contributed by atoms with Gasteiger partial charge in [-0.25, -0.2) is 0 Å². The predicted octanol–water partition coefficient (Wildman–Crippen LogP) is 2.92. The normalized spacial score (nSPS) is 9.63. The van der Waals surface area contributed by atoms with Gasteiger partial charge in [0, 0.05) is 18.8 Å². The Morgan fingerprint density at radius 3 is 2.68 bits per heavy atom. The molecule has 0 saturated carbocycles. The number of allylic oxidation sites excluding steroid dienone is 1. The lowest BCUT2D eigenvalue weighted by molar-refractivity contribution is -0.114. The van der Waals surface area contributed by atoms with Crippen LogP contribution in [-0.4, -0.2) is 10.8 Å². The Balaban J connectivity index is 2.41. The molecule has 2 rings (SSSR count). The lowest BCUT2D eigenvalue weighted by Crippen LogP contribution is -2.00. The van der Waals surface area contributed by atoms with Gasteiger partial charge in [0.05, 0.1) is 11.6 Å². The maximum absolute atomic E-state index is 11.5. The second kappa shape index (κ2) is 5.74. The van der Waals surface area contributed by atoms with Crippen LogP contribution in [0.15, 0.2) is 55.4 Å². The van der Waals surface area contributed by atoms with Gasteiger partial charge >= 0.3 is 0 Å². The molecule has 0 amide bonds. The molecule has 0 radical (unpaired) electrons. The summed E-state index contributed by atoms with van der Waals surface area (Å²) in [5.41, 5.74) is 3.39. The van der Waals surface area contributed by atoms with Gasteiger partial charge in [0.1, 0.15) is 0 Å². The minimum atomic E-state index is -0.0390. The summed E-state index contributed by atoms with van der Waals surface area (Å²) in [6.07, 6.45) is 4.98. The Labute approximate surface area is 111 Å². The number of benzene rings is 1. The van der Waals surface area contributed by atoms with Crippen LogP contribution in [0.4, 0.5) is 0 Å². The summed E-state index contributed by atoms with van der Waals surface area (Å²) in [7, 11) is 0. The highest BCUT2D eigenvalue weighted by Crippen LogP contribution is 2.23. The molecule has 0 fully saturated rings. The quantitative estimate of drug-likeness (QED) is 0.782. The van der Waals surface area contributed by atoms with E-state index in [9.17, 15) is 4.79 Å². The monoisotopic (exact) mass is 248 g/mol. The Morgan fingerprint density at radius 2 is 2.05 bits per heavy atom. The first-order valence-corrected chi connectivity index (χ1v) is 5.83. The molecular formula is C16H12N2O. The zero-order valence-corrected chi connectivity index (χ0v) is 10.3. The van der Waals surface area contributed by atoms with Gasteiger partial charge in [-0.15, -0.1) is 0 Å². The summed E-state index contributed by atoms with van der Waals surface area (Å²) in [6, 6.07) is 11.2. The average Bonchev–Trinajstić information content (AvgIpc) is 2.48. The maximum Gasteiger partial charge on any atom is 0.159 e. The summed E-state index contributed by atoms with van der Waals surface area (Å²) in [4.78, 5) is 15.5. The van der Waals surface area contributed by atoms with Crippen molar-refractivity contribution in [2.24, 2.45) is 0 Å². The molecule has 1 aromatic heterocycles. The molecule has 19 heavy (non-hydrogen) atoms. The van der Waals surface area contributed by atoms with Crippen LogP contribution in [0.1, 0.15) is 11.1 Å². The van der Waals surface area contributed by atoms with Gasteiger partial charge in [-0.05, 0) is 41.0 Å². The number of hydrogen-bond acceptors (Lipinski definition) is 3. The first-order valence-electron chi connectivity index (χ1n) is 5.83. The number of nitrogens with zero attached hydrogens (tertiary/aromatic N) is 2. The molecule has 1 heterocycles. The summed E-state index contributed by atoms with van der Waals surface area (Å²) < 4.78 is 0. The van der Waals surface area contributed by atoms with Gasteiger partial charge in [0.15, 0.2) is 5.78 Å².